The van der Waals surface area contributed by atoms with Crippen LogP contribution in [0.4, 0.5) is 0 Å². The fraction of sp³-hybridized carbons (Fsp3) is 0.857. The molecule has 0 aromatic carbocycles. The van der Waals surface area contributed by atoms with Gasteiger partial charge in [-0.15, -0.1) is 0 Å². The smallest absolute Gasteiger partial charge is 0.224 e. The minimum atomic E-state index is 0.00407. The van der Waals surface area contributed by atoms with Gasteiger partial charge in [-0.2, -0.15) is 0 Å². The van der Waals surface area contributed by atoms with Gasteiger partial charge in [0, 0.05) is 32.1 Å². The summed E-state index contributed by atoms with van der Waals surface area (Å²) in [7, 11) is 0. The van der Waals surface area contributed by atoms with Crippen molar-refractivity contribution in [3.63, 3.8) is 0 Å². The van der Waals surface area contributed by atoms with Gasteiger partial charge >= 0.3 is 0 Å². The molecule has 1 saturated heterocycles. The summed E-state index contributed by atoms with van der Waals surface area (Å²) in [5.74, 6) is 0.573. The first-order chi connectivity index (χ1) is 8.99. The van der Waals surface area contributed by atoms with Crippen molar-refractivity contribution in [1.82, 2.24) is 16.0 Å². The molecular weight excluding hydrogens is 242 g/mol. The molecule has 1 fully saturated rings. The van der Waals surface area contributed by atoms with Gasteiger partial charge in [-0.25, -0.2) is 0 Å². The third-order valence-corrected chi connectivity index (χ3v) is 3.39. The molecule has 0 aromatic rings. The third kappa shape index (κ3) is 6.57. The van der Waals surface area contributed by atoms with Crippen LogP contribution < -0.4 is 16.0 Å². The zero-order valence-corrected chi connectivity index (χ0v) is 12.3. The predicted octanol–water partition coefficient (Wildman–Crippen LogP) is 0.653. The highest BCUT2D eigenvalue weighted by atomic mass is 16.2. The van der Waals surface area contributed by atoms with Crippen molar-refractivity contribution in [2.75, 3.05) is 19.6 Å². The zero-order chi connectivity index (χ0) is 14.3. The second kappa shape index (κ2) is 8.15. The Bertz CT molecular complexity index is 297. The summed E-state index contributed by atoms with van der Waals surface area (Å²) in [6.07, 6.45) is 2.32. The minimum Gasteiger partial charge on any atom is -0.356 e. The van der Waals surface area contributed by atoms with Crippen molar-refractivity contribution in [3.05, 3.63) is 0 Å². The maximum Gasteiger partial charge on any atom is 0.224 e. The monoisotopic (exact) mass is 269 g/mol. The molecule has 110 valence electrons. The zero-order valence-electron chi connectivity index (χ0n) is 12.3. The van der Waals surface area contributed by atoms with Crippen LogP contribution in [0, 0.1) is 11.8 Å². The number of amides is 2. The molecule has 0 aromatic heterocycles. The quantitative estimate of drug-likeness (QED) is 0.663. The lowest BCUT2D eigenvalue weighted by Crippen LogP contribution is -2.44. The van der Waals surface area contributed by atoms with Gasteiger partial charge in [0.25, 0.3) is 0 Å². The first-order valence-electron chi connectivity index (χ1n) is 7.26. The van der Waals surface area contributed by atoms with Crippen molar-refractivity contribution < 1.29 is 9.59 Å². The molecule has 1 rings (SSSR count). The number of hydrogen-bond donors (Lipinski definition) is 3. The van der Waals surface area contributed by atoms with Crippen molar-refractivity contribution in [2.45, 2.75) is 46.1 Å². The lowest BCUT2D eigenvalue weighted by molar-refractivity contribution is -0.126. The number of nitrogens with one attached hydrogen (secondary N) is 3. The van der Waals surface area contributed by atoms with Crippen molar-refractivity contribution in [3.8, 4) is 0 Å². The topological polar surface area (TPSA) is 70.2 Å². The molecular formula is C14H27N3O2. The first kappa shape index (κ1) is 16.0. The van der Waals surface area contributed by atoms with E-state index in [2.05, 4.69) is 36.7 Å². The summed E-state index contributed by atoms with van der Waals surface area (Å²) in [5, 5.41) is 8.99. The molecule has 1 aliphatic heterocycles. The van der Waals surface area contributed by atoms with E-state index in [9.17, 15) is 9.59 Å². The van der Waals surface area contributed by atoms with E-state index < -0.39 is 0 Å². The maximum absolute atomic E-state index is 11.9. The fourth-order valence-electron chi connectivity index (χ4n) is 2.07. The van der Waals surface area contributed by atoms with Crippen LogP contribution in [0.1, 0.15) is 40.0 Å². The second-order valence-electron chi connectivity index (χ2n) is 5.82. The van der Waals surface area contributed by atoms with Crippen molar-refractivity contribution in [1.29, 1.82) is 0 Å². The van der Waals surface area contributed by atoms with E-state index in [-0.39, 0.29) is 17.7 Å². The van der Waals surface area contributed by atoms with Crippen LogP contribution in [-0.2, 0) is 9.59 Å². The van der Waals surface area contributed by atoms with E-state index in [1.807, 2.05) is 0 Å². The van der Waals surface area contributed by atoms with E-state index in [1.54, 1.807) is 0 Å². The second-order valence-corrected chi connectivity index (χ2v) is 5.82. The highest BCUT2D eigenvalue weighted by Gasteiger charge is 2.23. The summed E-state index contributed by atoms with van der Waals surface area (Å²) in [6, 6.07) is 0.505. The summed E-state index contributed by atoms with van der Waals surface area (Å²) < 4.78 is 0. The van der Waals surface area contributed by atoms with E-state index >= 15 is 0 Å². The largest absolute Gasteiger partial charge is 0.356 e. The van der Waals surface area contributed by atoms with Crippen molar-refractivity contribution in [2.24, 2.45) is 11.8 Å². The molecule has 5 nitrogen and oxygen atoms in total. The lowest BCUT2D eigenvalue weighted by atomic mass is 9.95. The van der Waals surface area contributed by atoms with Crippen LogP contribution in [0.5, 0.6) is 0 Å². The highest BCUT2D eigenvalue weighted by Crippen LogP contribution is 2.13. The van der Waals surface area contributed by atoms with Gasteiger partial charge in [-0.3, -0.25) is 9.59 Å². The summed E-state index contributed by atoms with van der Waals surface area (Å²) in [4.78, 5) is 23.3. The Morgan fingerprint density at radius 3 is 2.58 bits per heavy atom. The molecule has 2 unspecified atom stereocenters. The van der Waals surface area contributed by atoms with E-state index in [1.165, 1.54) is 0 Å². The maximum atomic E-state index is 11.9. The first-order valence-corrected chi connectivity index (χ1v) is 7.26. The molecule has 3 N–H and O–H groups in total. The Morgan fingerprint density at radius 1 is 1.26 bits per heavy atom. The number of carbonyl (C=O) groups is 2. The molecule has 19 heavy (non-hydrogen) atoms. The summed E-state index contributed by atoms with van der Waals surface area (Å²) in [6.45, 7) is 8.10. The van der Waals surface area contributed by atoms with Crippen LogP contribution in [0.15, 0.2) is 0 Å². The Balaban J connectivity index is 2.11. The Kier molecular flexibility index (Phi) is 6.84. The molecule has 1 heterocycles. The van der Waals surface area contributed by atoms with Crippen LogP contribution in [0.25, 0.3) is 0 Å². The average molecular weight is 269 g/mol. The SMILES string of the molecule is CC(C)CNC(=O)CCNC(=O)C1CCC(C)NC1. The van der Waals surface area contributed by atoms with Crippen molar-refractivity contribution >= 4 is 11.8 Å². The number of rotatable bonds is 6. The van der Waals surface area contributed by atoms with Gasteiger partial charge in [-0.1, -0.05) is 13.8 Å². The number of piperidine rings is 1. The third-order valence-electron chi connectivity index (χ3n) is 3.39. The molecule has 0 saturated carbocycles. The van der Waals surface area contributed by atoms with Crippen LogP contribution in [0.3, 0.4) is 0 Å². The molecule has 0 radical (unpaired) electrons. The van der Waals surface area contributed by atoms with E-state index in [0.29, 0.717) is 31.5 Å². The van der Waals surface area contributed by atoms with Crippen LogP contribution >= 0.6 is 0 Å². The lowest BCUT2D eigenvalue weighted by Gasteiger charge is -2.26. The van der Waals surface area contributed by atoms with Gasteiger partial charge in [0.15, 0.2) is 0 Å². The van der Waals surface area contributed by atoms with Gasteiger partial charge in [0.2, 0.25) is 11.8 Å². The summed E-state index contributed by atoms with van der Waals surface area (Å²) in [5.41, 5.74) is 0. The summed E-state index contributed by atoms with van der Waals surface area (Å²) >= 11 is 0. The Labute approximate surface area is 115 Å². The van der Waals surface area contributed by atoms with Gasteiger partial charge in [0.1, 0.15) is 0 Å². The molecule has 0 spiro atoms. The Morgan fingerprint density at radius 2 is 2.00 bits per heavy atom. The Hall–Kier alpha value is -1.10. The molecule has 2 atom stereocenters. The molecule has 0 aliphatic carbocycles. The number of carbonyl (C=O) groups excluding carboxylic acids is 2. The number of hydrogen-bond acceptors (Lipinski definition) is 3. The predicted molar refractivity (Wildman–Crippen MR) is 75.7 cm³/mol. The minimum absolute atomic E-state index is 0.00407. The molecule has 5 heteroatoms. The molecule has 0 bridgehead atoms. The van der Waals surface area contributed by atoms with Gasteiger partial charge < -0.3 is 16.0 Å². The van der Waals surface area contributed by atoms with Gasteiger partial charge in [-0.05, 0) is 25.7 Å². The standard InChI is InChI=1S/C14H27N3O2/c1-10(2)8-17-13(18)6-7-15-14(19)12-5-4-11(3)16-9-12/h10-12,16H,4-9H2,1-3H3,(H,15,19)(H,17,18). The highest BCUT2D eigenvalue weighted by molar-refractivity contribution is 5.80. The van der Waals surface area contributed by atoms with E-state index in [4.69, 9.17) is 0 Å². The fourth-order valence-corrected chi connectivity index (χ4v) is 2.07. The normalized spacial score (nSPS) is 23.2. The molecule has 2 amide bonds. The van der Waals surface area contributed by atoms with Crippen LogP contribution in [0.2, 0.25) is 0 Å². The average Bonchev–Trinajstić information content (AvgIpc) is 2.37. The van der Waals surface area contributed by atoms with E-state index in [0.717, 1.165) is 19.4 Å². The molecule has 1 aliphatic rings. The van der Waals surface area contributed by atoms with Gasteiger partial charge in [0.05, 0.1) is 5.92 Å². The van der Waals surface area contributed by atoms with Crippen LogP contribution in [-0.4, -0.2) is 37.5 Å².